The maximum Gasteiger partial charge on any atom is 0.257 e. The fourth-order valence-electron chi connectivity index (χ4n) is 2.25. The maximum absolute atomic E-state index is 12.4. The number of aromatic amines is 2. The second kappa shape index (κ2) is 4.41. The van der Waals surface area contributed by atoms with Crippen LogP contribution in [-0.4, -0.2) is 21.1 Å². The second-order valence-corrected chi connectivity index (χ2v) is 4.77. The number of rotatable bonds is 2. The zero-order chi connectivity index (χ0) is 14.3. The van der Waals surface area contributed by atoms with Crippen molar-refractivity contribution in [1.82, 2.24) is 15.2 Å². The van der Waals surface area contributed by atoms with Crippen LogP contribution in [0, 0.1) is 13.8 Å². The molecule has 3 rings (SSSR count). The molecular weight excluding hydrogens is 254 g/mol. The van der Waals surface area contributed by atoms with E-state index >= 15 is 0 Å². The Bertz CT molecular complexity index is 780. The number of carbonyl (C=O) groups is 1. The third-order valence-electron chi connectivity index (χ3n) is 3.32. The van der Waals surface area contributed by atoms with Gasteiger partial charge in [0.15, 0.2) is 0 Å². The van der Waals surface area contributed by atoms with Crippen LogP contribution >= 0.6 is 0 Å². The summed E-state index contributed by atoms with van der Waals surface area (Å²) in [5.74, 6) is -0.173. The fraction of sp³-hybridized carbons (Fsp3) is 0.143. The predicted molar refractivity (Wildman–Crippen MR) is 78.7 cm³/mol. The largest absolute Gasteiger partial charge is 0.399 e. The Morgan fingerprint density at radius 2 is 2.15 bits per heavy atom. The van der Waals surface area contributed by atoms with Crippen LogP contribution in [0.15, 0.2) is 24.4 Å². The lowest BCUT2D eigenvalue weighted by atomic mass is 10.1. The molecule has 0 spiro atoms. The van der Waals surface area contributed by atoms with Gasteiger partial charge >= 0.3 is 0 Å². The summed E-state index contributed by atoms with van der Waals surface area (Å²) in [5.41, 5.74) is 10.1. The van der Waals surface area contributed by atoms with Gasteiger partial charge in [0.05, 0.1) is 22.6 Å². The first-order valence-electron chi connectivity index (χ1n) is 6.26. The van der Waals surface area contributed by atoms with Gasteiger partial charge in [0.2, 0.25) is 0 Å². The van der Waals surface area contributed by atoms with Gasteiger partial charge in [-0.25, -0.2) is 0 Å². The summed E-state index contributed by atoms with van der Waals surface area (Å²) in [6, 6.07) is 5.42. The first-order valence-corrected chi connectivity index (χ1v) is 6.26. The Morgan fingerprint density at radius 1 is 1.35 bits per heavy atom. The highest BCUT2D eigenvalue weighted by Gasteiger charge is 2.15. The highest BCUT2D eigenvalue weighted by molar-refractivity contribution is 6.13. The quantitative estimate of drug-likeness (QED) is 0.537. The number of hydrogen-bond acceptors (Lipinski definition) is 3. The highest BCUT2D eigenvalue weighted by Crippen LogP contribution is 2.23. The van der Waals surface area contributed by atoms with Crippen molar-refractivity contribution < 1.29 is 4.79 Å². The van der Waals surface area contributed by atoms with Gasteiger partial charge in [-0.05, 0) is 32.0 Å². The van der Waals surface area contributed by atoms with Crippen molar-refractivity contribution in [2.75, 3.05) is 11.1 Å². The number of nitrogens with two attached hydrogens (primary N) is 1. The normalized spacial score (nSPS) is 10.9. The first kappa shape index (κ1) is 12.3. The summed E-state index contributed by atoms with van der Waals surface area (Å²) in [4.78, 5) is 15.4. The molecular formula is C14H15N5O. The second-order valence-electron chi connectivity index (χ2n) is 4.77. The maximum atomic E-state index is 12.4. The van der Waals surface area contributed by atoms with Gasteiger partial charge < -0.3 is 16.0 Å². The third kappa shape index (κ3) is 1.91. The summed E-state index contributed by atoms with van der Waals surface area (Å²) >= 11 is 0. The van der Waals surface area contributed by atoms with Gasteiger partial charge in [-0.1, -0.05) is 0 Å². The molecule has 5 N–H and O–H groups in total. The number of benzene rings is 1. The summed E-state index contributed by atoms with van der Waals surface area (Å²) in [6.07, 6.45) is 1.68. The molecule has 2 heterocycles. The van der Waals surface area contributed by atoms with E-state index < -0.39 is 0 Å². The SMILES string of the molecule is Cc1n[nH]c(C)c1NC(=O)c1c[nH]c2cc(N)ccc12. The predicted octanol–water partition coefficient (Wildman–Crippen LogP) is 2.34. The van der Waals surface area contributed by atoms with Gasteiger partial charge in [-0.2, -0.15) is 5.10 Å². The minimum atomic E-state index is -0.173. The lowest BCUT2D eigenvalue weighted by Crippen LogP contribution is -2.12. The number of aromatic nitrogens is 3. The van der Waals surface area contributed by atoms with E-state index in [2.05, 4.69) is 20.5 Å². The smallest absolute Gasteiger partial charge is 0.257 e. The molecule has 3 aromatic rings. The minimum absolute atomic E-state index is 0.173. The zero-order valence-electron chi connectivity index (χ0n) is 11.2. The van der Waals surface area contributed by atoms with Crippen molar-refractivity contribution in [3.8, 4) is 0 Å². The van der Waals surface area contributed by atoms with Gasteiger partial charge in [-0.3, -0.25) is 9.89 Å². The lowest BCUT2D eigenvalue weighted by Gasteiger charge is -2.04. The summed E-state index contributed by atoms with van der Waals surface area (Å²) in [6.45, 7) is 3.71. The van der Waals surface area contributed by atoms with Crippen LogP contribution in [0.1, 0.15) is 21.7 Å². The molecule has 1 amide bonds. The first-order chi connectivity index (χ1) is 9.56. The van der Waals surface area contributed by atoms with Crippen molar-refractivity contribution in [3.63, 3.8) is 0 Å². The molecule has 6 heteroatoms. The van der Waals surface area contributed by atoms with Crippen LogP contribution in [0.25, 0.3) is 10.9 Å². The number of nitrogen functional groups attached to an aromatic ring is 1. The summed E-state index contributed by atoms with van der Waals surface area (Å²) in [5, 5.41) is 10.6. The number of H-pyrrole nitrogens is 2. The van der Waals surface area contributed by atoms with Crippen LogP contribution in [0.2, 0.25) is 0 Å². The molecule has 2 aromatic heterocycles. The number of aryl methyl sites for hydroxylation is 2. The molecule has 102 valence electrons. The molecule has 20 heavy (non-hydrogen) atoms. The van der Waals surface area contributed by atoms with Crippen molar-refractivity contribution in [2.45, 2.75) is 13.8 Å². The van der Waals surface area contributed by atoms with Gasteiger partial charge in [0, 0.05) is 22.8 Å². The number of nitrogens with zero attached hydrogens (tertiary/aromatic N) is 1. The molecule has 0 fully saturated rings. The Kier molecular flexibility index (Phi) is 2.71. The molecule has 6 nitrogen and oxygen atoms in total. The third-order valence-corrected chi connectivity index (χ3v) is 3.32. The van der Waals surface area contributed by atoms with E-state index in [0.717, 1.165) is 28.0 Å². The standard InChI is InChI=1S/C14H15N5O/c1-7-13(8(2)19-18-7)17-14(20)11-6-16-12-5-9(15)3-4-10(11)12/h3-6,16H,15H2,1-2H3,(H,17,20)(H,18,19). The van der Waals surface area contributed by atoms with Crippen LogP contribution in [0.5, 0.6) is 0 Å². The van der Waals surface area contributed by atoms with E-state index in [1.165, 1.54) is 0 Å². The van der Waals surface area contributed by atoms with Crippen molar-refractivity contribution in [2.24, 2.45) is 0 Å². The van der Waals surface area contributed by atoms with E-state index in [0.29, 0.717) is 11.3 Å². The van der Waals surface area contributed by atoms with Crippen molar-refractivity contribution >= 4 is 28.2 Å². The number of hydrogen-bond donors (Lipinski definition) is 4. The Balaban J connectivity index is 1.97. The van der Waals surface area contributed by atoms with Crippen LogP contribution in [0.3, 0.4) is 0 Å². The number of amides is 1. The molecule has 0 aliphatic heterocycles. The van der Waals surface area contributed by atoms with E-state index in [4.69, 9.17) is 5.73 Å². The van der Waals surface area contributed by atoms with Crippen molar-refractivity contribution in [1.29, 1.82) is 0 Å². The van der Waals surface area contributed by atoms with E-state index in [1.54, 1.807) is 18.3 Å². The molecule has 0 unspecified atom stereocenters. The fourth-order valence-corrected chi connectivity index (χ4v) is 2.25. The van der Waals surface area contributed by atoms with Crippen LogP contribution in [0.4, 0.5) is 11.4 Å². The number of fused-ring (bicyclic) bond motifs is 1. The molecule has 0 bridgehead atoms. The number of anilines is 2. The molecule has 0 saturated heterocycles. The van der Waals surface area contributed by atoms with Gasteiger partial charge in [0.25, 0.3) is 5.91 Å². The van der Waals surface area contributed by atoms with Gasteiger partial charge in [0.1, 0.15) is 0 Å². The molecule has 1 aromatic carbocycles. The Labute approximate surface area is 115 Å². The highest BCUT2D eigenvalue weighted by atomic mass is 16.1. The van der Waals surface area contributed by atoms with Gasteiger partial charge in [-0.15, -0.1) is 0 Å². The average molecular weight is 269 g/mol. The summed E-state index contributed by atoms with van der Waals surface area (Å²) in [7, 11) is 0. The monoisotopic (exact) mass is 269 g/mol. The van der Waals surface area contributed by atoms with Crippen molar-refractivity contribution in [3.05, 3.63) is 41.3 Å². The molecule has 0 atom stereocenters. The van der Waals surface area contributed by atoms with Crippen LogP contribution in [-0.2, 0) is 0 Å². The van der Waals surface area contributed by atoms with E-state index in [1.807, 2.05) is 19.9 Å². The zero-order valence-corrected chi connectivity index (χ0v) is 11.2. The Hall–Kier alpha value is -2.76. The number of nitrogens with one attached hydrogen (secondary N) is 3. The average Bonchev–Trinajstić information content (AvgIpc) is 2.96. The minimum Gasteiger partial charge on any atom is -0.399 e. The molecule has 0 aliphatic carbocycles. The number of carbonyl (C=O) groups excluding carboxylic acids is 1. The topological polar surface area (TPSA) is 99.6 Å². The lowest BCUT2D eigenvalue weighted by molar-refractivity contribution is 0.102. The van der Waals surface area contributed by atoms with Crippen LogP contribution < -0.4 is 11.1 Å². The molecule has 0 aliphatic rings. The van der Waals surface area contributed by atoms with E-state index in [-0.39, 0.29) is 5.91 Å². The summed E-state index contributed by atoms with van der Waals surface area (Å²) < 4.78 is 0. The molecule has 0 saturated carbocycles. The Morgan fingerprint density at radius 3 is 2.85 bits per heavy atom. The van der Waals surface area contributed by atoms with E-state index in [9.17, 15) is 4.79 Å². The molecule has 0 radical (unpaired) electrons.